The molecular weight excluding hydrogens is 190 g/mol. The molecule has 0 aliphatic rings. The zero-order valence-corrected chi connectivity index (χ0v) is 8.36. The molecule has 0 unspecified atom stereocenters. The molecule has 0 fully saturated rings. The topological polar surface area (TPSA) is 72.0 Å². The number of nitrogen functional groups attached to an aromatic ring is 1. The van der Waals surface area contributed by atoms with Crippen LogP contribution >= 0.6 is 0 Å². The number of nitrogens with zero attached hydrogens (tertiary/aromatic N) is 1. The van der Waals surface area contributed by atoms with E-state index in [0.29, 0.717) is 24.5 Å². The molecule has 0 saturated heterocycles. The van der Waals surface area contributed by atoms with Gasteiger partial charge in [-0.1, -0.05) is 0 Å². The molecule has 4 heteroatoms. The highest BCUT2D eigenvalue weighted by Crippen LogP contribution is 2.09. The van der Waals surface area contributed by atoms with Gasteiger partial charge in [-0.3, -0.25) is 5.41 Å². The van der Waals surface area contributed by atoms with Crippen LogP contribution in [0.25, 0.3) is 0 Å². The van der Waals surface area contributed by atoms with Crippen LogP contribution in [-0.2, 0) is 0 Å². The third-order valence-electron chi connectivity index (χ3n) is 1.76. The fourth-order valence-corrected chi connectivity index (χ4v) is 1.01. The Bertz CT molecular complexity index is 382. The first-order valence-corrected chi connectivity index (χ1v) is 4.60. The second-order valence-electron chi connectivity index (χ2n) is 2.95. The molecule has 4 nitrogen and oxygen atoms in total. The molecule has 0 spiro atoms. The number of terminal acetylenes is 1. The molecule has 0 aliphatic carbocycles. The van der Waals surface area contributed by atoms with Crippen LogP contribution in [0.4, 0.5) is 0 Å². The van der Waals surface area contributed by atoms with Crippen molar-refractivity contribution >= 4 is 5.84 Å². The molecule has 0 radical (unpaired) electrons. The van der Waals surface area contributed by atoms with Gasteiger partial charge in [-0.05, 0) is 12.5 Å². The number of nitrogens with one attached hydrogen (secondary N) is 1. The van der Waals surface area contributed by atoms with E-state index in [0.717, 1.165) is 6.42 Å². The lowest BCUT2D eigenvalue weighted by atomic mass is 10.2. The Kier molecular flexibility index (Phi) is 4.17. The Balaban J connectivity index is 2.51. The summed E-state index contributed by atoms with van der Waals surface area (Å²) in [7, 11) is 0. The van der Waals surface area contributed by atoms with Gasteiger partial charge in [0.1, 0.15) is 5.84 Å². The van der Waals surface area contributed by atoms with Crippen LogP contribution < -0.4 is 10.5 Å². The fraction of sp³-hybridized carbons (Fsp3) is 0.273. The largest absolute Gasteiger partial charge is 0.478 e. The highest BCUT2D eigenvalue weighted by Gasteiger charge is 1.99. The van der Waals surface area contributed by atoms with Crippen molar-refractivity contribution in [2.45, 2.75) is 12.8 Å². The van der Waals surface area contributed by atoms with Crippen molar-refractivity contribution in [3.8, 4) is 18.2 Å². The predicted molar refractivity (Wildman–Crippen MR) is 58.8 cm³/mol. The summed E-state index contributed by atoms with van der Waals surface area (Å²) >= 11 is 0. The second-order valence-corrected chi connectivity index (χ2v) is 2.95. The van der Waals surface area contributed by atoms with Crippen molar-refractivity contribution in [1.82, 2.24) is 4.98 Å². The summed E-state index contributed by atoms with van der Waals surface area (Å²) < 4.78 is 5.34. The third-order valence-corrected chi connectivity index (χ3v) is 1.76. The molecule has 1 rings (SSSR count). The Hall–Kier alpha value is -2.02. The average molecular weight is 203 g/mol. The van der Waals surface area contributed by atoms with Gasteiger partial charge in [0.15, 0.2) is 0 Å². The van der Waals surface area contributed by atoms with Gasteiger partial charge in [-0.25, -0.2) is 4.98 Å². The van der Waals surface area contributed by atoms with Gasteiger partial charge in [0.2, 0.25) is 5.88 Å². The lowest BCUT2D eigenvalue weighted by Crippen LogP contribution is -2.11. The number of rotatable bonds is 5. The van der Waals surface area contributed by atoms with E-state index in [9.17, 15) is 0 Å². The molecule has 0 atom stereocenters. The number of aromatic nitrogens is 1. The molecule has 0 bridgehead atoms. The number of hydrogen-bond acceptors (Lipinski definition) is 3. The van der Waals surface area contributed by atoms with Gasteiger partial charge < -0.3 is 10.5 Å². The minimum Gasteiger partial charge on any atom is -0.478 e. The summed E-state index contributed by atoms with van der Waals surface area (Å²) in [4.78, 5) is 3.99. The smallest absolute Gasteiger partial charge is 0.213 e. The minimum absolute atomic E-state index is 0.00544. The summed E-state index contributed by atoms with van der Waals surface area (Å²) in [6.07, 6.45) is 8.15. The number of ether oxygens (including phenoxy) is 1. The molecule has 0 saturated carbocycles. The van der Waals surface area contributed by atoms with E-state index in [-0.39, 0.29) is 5.84 Å². The zero-order valence-electron chi connectivity index (χ0n) is 8.36. The van der Waals surface area contributed by atoms with Crippen LogP contribution in [0.2, 0.25) is 0 Å². The quantitative estimate of drug-likeness (QED) is 0.326. The molecule has 78 valence electrons. The molecule has 1 heterocycles. The number of nitrogens with two attached hydrogens (primary N) is 1. The second kappa shape index (κ2) is 5.66. The summed E-state index contributed by atoms with van der Waals surface area (Å²) in [6.45, 7) is 0.526. The fourth-order valence-electron chi connectivity index (χ4n) is 1.01. The van der Waals surface area contributed by atoms with Crippen LogP contribution in [0.15, 0.2) is 18.3 Å². The highest BCUT2D eigenvalue weighted by molar-refractivity contribution is 5.95. The summed E-state index contributed by atoms with van der Waals surface area (Å²) in [5.41, 5.74) is 5.94. The van der Waals surface area contributed by atoms with Gasteiger partial charge in [0.25, 0.3) is 0 Å². The van der Waals surface area contributed by atoms with E-state index in [2.05, 4.69) is 10.9 Å². The number of unbranched alkanes of at least 4 members (excludes halogenated alkanes) is 1. The maximum atomic E-state index is 7.24. The van der Waals surface area contributed by atoms with Crippen LogP contribution in [0, 0.1) is 17.8 Å². The van der Waals surface area contributed by atoms with E-state index in [4.69, 9.17) is 22.3 Å². The van der Waals surface area contributed by atoms with E-state index >= 15 is 0 Å². The van der Waals surface area contributed by atoms with Crippen LogP contribution in [0.5, 0.6) is 5.88 Å². The number of hydrogen-bond donors (Lipinski definition) is 2. The first kappa shape index (κ1) is 11.1. The molecule has 0 aromatic carbocycles. The van der Waals surface area contributed by atoms with Gasteiger partial charge >= 0.3 is 0 Å². The monoisotopic (exact) mass is 203 g/mol. The molecule has 1 aromatic heterocycles. The zero-order chi connectivity index (χ0) is 11.1. The summed E-state index contributed by atoms with van der Waals surface area (Å²) in [5, 5.41) is 7.24. The molecule has 15 heavy (non-hydrogen) atoms. The lowest BCUT2D eigenvalue weighted by Gasteiger charge is -2.04. The van der Waals surface area contributed by atoms with Crippen molar-refractivity contribution in [3.63, 3.8) is 0 Å². The number of pyridine rings is 1. The van der Waals surface area contributed by atoms with Crippen LogP contribution in [0.3, 0.4) is 0 Å². The molecule has 3 N–H and O–H groups in total. The van der Waals surface area contributed by atoms with Gasteiger partial charge in [-0.2, -0.15) is 0 Å². The SMILES string of the molecule is C#CCCCOc1cc(C(=N)N)ccn1. The molecule has 0 aliphatic heterocycles. The summed E-state index contributed by atoms with van der Waals surface area (Å²) in [6, 6.07) is 3.30. The lowest BCUT2D eigenvalue weighted by molar-refractivity contribution is 0.301. The normalized spacial score (nSPS) is 9.27. The van der Waals surface area contributed by atoms with E-state index in [1.165, 1.54) is 0 Å². The first-order valence-electron chi connectivity index (χ1n) is 4.60. The van der Waals surface area contributed by atoms with E-state index in [1.807, 2.05) is 0 Å². The minimum atomic E-state index is 0.00544. The van der Waals surface area contributed by atoms with Crippen molar-refractivity contribution in [3.05, 3.63) is 23.9 Å². The predicted octanol–water partition coefficient (Wildman–Crippen LogP) is 1.16. The Morgan fingerprint density at radius 2 is 2.47 bits per heavy atom. The summed E-state index contributed by atoms with van der Waals surface area (Å²) in [5.74, 6) is 3.01. The first-order chi connectivity index (χ1) is 7.24. The average Bonchev–Trinajstić information content (AvgIpc) is 2.25. The molecular formula is C11H13N3O. The molecule has 0 amide bonds. The number of amidine groups is 1. The van der Waals surface area contributed by atoms with E-state index in [1.54, 1.807) is 18.3 Å². The Morgan fingerprint density at radius 3 is 3.13 bits per heavy atom. The highest BCUT2D eigenvalue weighted by atomic mass is 16.5. The van der Waals surface area contributed by atoms with Crippen LogP contribution in [-0.4, -0.2) is 17.4 Å². The third kappa shape index (κ3) is 3.69. The standard InChI is InChI=1S/C11H13N3O/c1-2-3-4-7-15-10-8-9(11(12)13)5-6-14-10/h1,5-6,8H,3-4,7H2,(H3,12,13). The Labute approximate surface area is 89.0 Å². The van der Waals surface area contributed by atoms with Crippen molar-refractivity contribution in [1.29, 1.82) is 5.41 Å². The maximum absolute atomic E-state index is 7.24. The van der Waals surface area contributed by atoms with Crippen molar-refractivity contribution in [2.24, 2.45) is 5.73 Å². The maximum Gasteiger partial charge on any atom is 0.213 e. The van der Waals surface area contributed by atoms with Gasteiger partial charge in [-0.15, -0.1) is 12.3 Å². The van der Waals surface area contributed by atoms with Crippen LogP contribution in [0.1, 0.15) is 18.4 Å². The van der Waals surface area contributed by atoms with E-state index < -0.39 is 0 Å². The van der Waals surface area contributed by atoms with Crippen molar-refractivity contribution < 1.29 is 4.74 Å². The van der Waals surface area contributed by atoms with Gasteiger partial charge in [0.05, 0.1) is 6.61 Å². The van der Waals surface area contributed by atoms with Crippen molar-refractivity contribution in [2.75, 3.05) is 6.61 Å². The van der Waals surface area contributed by atoms with Gasteiger partial charge in [0, 0.05) is 24.2 Å². The Morgan fingerprint density at radius 1 is 1.67 bits per heavy atom. The molecule has 1 aromatic rings.